The first-order valence-corrected chi connectivity index (χ1v) is 8.52. The number of amides is 2. The molecule has 0 saturated heterocycles. The third kappa shape index (κ3) is 3.50. The van der Waals surface area contributed by atoms with Crippen molar-refractivity contribution in [2.24, 2.45) is 0 Å². The summed E-state index contributed by atoms with van der Waals surface area (Å²) in [6, 6.07) is 11.2. The summed E-state index contributed by atoms with van der Waals surface area (Å²) in [6.07, 6.45) is 2.78. The van der Waals surface area contributed by atoms with E-state index in [2.05, 4.69) is 17.2 Å². The molecule has 0 aliphatic carbocycles. The van der Waals surface area contributed by atoms with Crippen LogP contribution in [0.15, 0.2) is 36.4 Å². The molecule has 5 heteroatoms. The first-order chi connectivity index (χ1) is 11.7. The van der Waals surface area contributed by atoms with Crippen LogP contribution in [0.2, 0.25) is 0 Å². The fourth-order valence-electron chi connectivity index (χ4n) is 2.97. The highest BCUT2D eigenvalue weighted by Crippen LogP contribution is 2.21. The second kappa shape index (κ2) is 7.34. The molecule has 24 heavy (non-hydrogen) atoms. The van der Waals surface area contributed by atoms with Crippen LogP contribution in [0.25, 0.3) is 0 Å². The third-order valence-corrected chi connectivity index (χ3v) is 4.35. The molecule has 1 aromatic carbocycles. The van der Waals surface area contributed by atoms with E-state index in [1.54, 1.807) is 0 Å². The zero-order valence-corrected chi connectivity index (χ0v) is 14.0. The zero-order valence-electron chi connectivity index (χ0n) is 14.0. The van der Waals surface area contributed by atoms with Crippen LogP contribution in [0.3, 0.4) is 0 Å². The summed E-state index contributed by atoms with van der Waals surface area (Å²) < 4.78 is 0. The molecule has 0 fully saturated rings. The van der Waals surface area contributed by atoms with Gasteiger partial charge < -0.3 is 15.2 Å². The number of carbonyl (C=O) groups excluding carboxylic acids is 2. The average molecular weight is 325 g/mol. The maximum Gasteiger partial charge on any atom is 0.267 e. The minimum Gasteiger partial charge on any atom is -0.354 e. The number of hydrogen-bond donors (Lipinski definition) is 2. The number of aromatic nitrogens is 1. The van der Waals surface area contributed by atoms with Crippen LogP contribution in [0.1, 0.15) is 51.9 Å². The number of unbranched alkanes of at least 4 members (excludes halogenated alkanes) is 1. The predicted octanol–water partition coefficient (Wildman–Crippen LogP) is 2.74. The molecule has 3 rings (SSSR count). The van der Waals surface area contributed by atoms with E-state index in [1.807, 2.05) is 41.3 Å². The molecule has 1 aliphatic heterocycles. The normalized spacial score (nSPS) is 13.5. The number of carbonyl (C=O) groups is 2. The summed E-state index contributed by atoms with van der Waals surface area (Å²) in [7, 11) is 0. The summed E-state index contributed by atoms with van der Waals surface area (Å²) >= 11 is 0. The number of benzene rings is 1. The first-order valence-electron chi connectivity index (χ1n) is 8.52. The van der Waals surface area contributed by atoms with Crippen molar-refractivity contribution < 1.29 is 9.59 Å². The molecule has 0 saturated carbocycles. The molecule has 1 aliphatic rings. The molecule has 126 valence electrons. The van der Waals surface area contributed by atoms with Crippen molar-refractivity contribution in [2.75, 3.05) is 13.1 Å². The highest BCUT2D eigenvalue weighted by Gasteiger charge is 2.24. The van der Waals surface area contributed by atoms with E-state index in [0.717, 1.165) is 30.5 Å². The van der Waals surface area contributed by atoms with Crippen LogP contribution in [0.4, 0.5) is 0 Å². The topological polar surface area (TPSA) is 65.2 Å². The highest BCUT2D eigenvalue weighted by molar-refractivity contribution is 5.95. The Hall–Kier alpha value is -2.56. The van der Waals surface area contributed by atoms with Gasteiger partial charge in [-0.1, -0.05) is 31.5 Å². The van der Waals surface area contributed by atoms with Gasteiger partial charge in [-0.25, -0.2) is 0 Å². The molecule has 2 heterocycles. The van der Waals surface area contributed by atoms with Crippen LogP contribution >= 0.6 is 0 Å². The molecule has 2 N–H and O–H groups in total. The van der Waals surface area contributed by atoms with E-state index in [0.29, 0.717) is 30.9 Å². The van der Waals surface area contributed by atoms with Crippen LogP contribution in [0.5, 0.6) is 0 Å². The lowest BCUT2D eigenvalue weighted by molar-refractivity contribution is 0.0734. The van der Waals surface area contributed by atoms with Gasteiger partial charge in [-0.05, 0) is 30.2 Å². The van der Waals surface area contributed by atoms with Gasteiger partial charge in [-0.3, -0.25) is 9.59 Å². The standard InChI is InChI=1S/C19H23N3O2/c1-2-3-10-20-18(23)17-12-15-13-22(11-9-16(15)21-17)19(24)14-7-5-4-6-8-14/h4-8,12,21H,2-3,9-11,13H2,1H3,(H,20,23). The third-order valence-electron chi connectivity index (χ3n) is 4.35. The van der Waals surface area contributed by atoms with Gasteiger partial charge in [-0.2, -0.15) is 0 Å². The molecule has 0 spiro atoms. The molecule has 0 atom stereocenters. The Morgan fingerprint density at radius 3 is 2.79 bits per heavy atom. The Bertz CT molecular complexity index is 721. The Morgan fingerprint density at radius 2 is 2.04 bits per heavy atom. The van der Waals surface area contributed by atoms with Gasteiger partial charge in [0, 0.05) is 37.3 Å². The molecule has 1 aromatic heterocycles. The smallest absolute Gasteiger partial charge is 0.267 e. The Balaban J connectivity index is 1.68. The molecule has 5 nitrogen and oxygen atoms in total. The van der Waals surface area contributed by atoms with E-state index in [4.69, 9.17) is 0 Å². The van der Waals surface area contributed by atoms with Crippen molar-refractivity contribution in [1.82, 2.24) is 15.2 Å². The molecular formula is C19H23N3O2. The van der Waals surface area contributed by atoms with Crippen LogP contribution in [-0.4, -0.2) is 34.8 Å². The van der Waals surface area contributed by atoms with Crippen LogP contribution < -0.4 is 5.32 Å². The second-order valence-electron chi connectivity index (χ2n) is 6.14. The fraction of sp³-hybridized carbons (Fsp3) is 0.368. The van der Waals surface area contributed by atoms with Crippen molar-refractivity contribution in [2.45, 2.75) is 32.7 Å². The minimum absolute atomic E-state index is 0.0383. The quantitative estimate of drug-likeness (QED) is 0.830. The molecular weight excluding hydrogens is 302 g/mol. The fourth-order valence-corrected chi connectivity index (χ4v) is 2.97. The van der Waals surface area contributed by atoms with Crippen molar-refractivity contribution in [3.05, 3.63) is 58.9 Å². The van der Waals surface area contributed by atoms with Crippen molar-refractivity contribution in [3.8, 4) is 0 Å². The molecule has 0 radical (unpaired) electrons. The van der Waals surface area contributed by atoms with E-state index in [1.165, 1.54) is 0 Å². The number of aromatic amines is 1. The van der Waals surface area contributed by atoms with E-state index >= 15 is 0 Å². The number of rotatable bonds is 5. The van der Waals surface area contributed by atoms with E-state index in [9.17, 15) is 9.59 Å². The largest absolute Gasteiger partial charge is 0.354 e. The molecule has 0 unspecified atom stereocenters. The molecule has 0 bridgehead atoms. The summed E-state index contributed by atoms with van der Waals surface area (Å²) in [6.45, 7) is 4.00. The van der Waals surface area contributed by atoms with Gasteiger partial charge in [0.05, 0.1) is 0 Å². The number of fused-ring (bicyclic) bond motifs is 1. The number of H-pyrrole nitrogens is 1. The van der Waals surface area contributed by atoms with Gasteiger partial charge in [0.2, 0.25) is 0 Å². The summed E-state index contributed by atoms with van der Waals surface area (Å²) in [5, 5.41) is 2.92. The minimum atomic E-state index is -0.0706. The summed E-state index contributed by atoms with van der Waals surface area (Å²) in [4.78, 5) is 29.8. The second-order valence-corrected chi connectivity index (χ2v) is 6.14. The van der Waals surface area contributed by atoms with Crippen LogP contribution in [0, 0.1) is 0 Å². The Kier molecular flexibility index (Phi) is 4.99. The Labute approximate surface area is 142 Å². The lowest BCUT2D eigenvalue weighted by atomic mass is 10.1. The maximum absolute atomic E-state index is 12.6. The Morgan fingerprint density at radius 1 is 1.25 bits per heavy atom. The van der Waals surface area contributed by atoms with E-state index < -0.39 is 0 Å². The average Bonchev–Trinajstić information content (AvgIpc) is 3.05. The van der Waals surface area contributed by atoms with Gasteiger partial charge >= 0.3 is 0 Å². The van der Waals surface area contributed by atoms with Gasteiger partial charge in [0.25, 0.3) is 11.8 Å². The van der Waals surface area contributed by atoms with Crippen molar-refractivity contribution >= 4 is 11.8 Å². The lowest BCUT2D eigenvalue weighted by Crippen LogP contribution is -2.35. The van der Waals surface area contributed by atoms with Gasteiger partial charge in [0.15, 0.2) is 0 Å². The maximum atomic E-state index is 12.6. The summed E-state index contributed by atoms with van der Waals surface area (Å²) in [5.74, 6) is -0.0322. The van der Waals surface area contributed by atoms with Crippen LogP contribution in [-0.2, 0) is 13.0 Å². The molecule has 2 aromatic rings. The van der Waals surface area contributed by atoms with Gasteiger partial charge in [0.1, 0.15) is 5.69 Å². The highest BCUT2D eigenvalue weighted by atomic mass is 16.2. The summed E-state index contributed by atoms with van der Waals surface area (Å²) in [5.41, 5.74) is 3.39. The SMILES string of the molecule is CCCCNC(=O)c1cc2c([nH]1)CCN(C(=O)c1ccccc1)C2. The molecule has 2 amide bonds. The van der Waals surface area contributed by atoms with Crippen molar-refractivity contribution in [3.63, 3.8) is 0 Å². The first kappa shape index (κ1) is 16.3. The predicted molar refractivity (Wildman–Crippen MR) is 92.9 cm³/mol. The lowest BCUT2D eigenvalue weighted by Gasteiger charge is -2.27. The van der Waals surface area contributed by atoms with E-state index in [-0.39, 0.29) is 11.8 Å². The monoisotopic (exact) mass is 325 g/mol. The zero-order chi connectivity index (χ0) is 16.9. The van der Waals surface area contributed by atoms with Crippen molar-refractivity contribution in [1.29, 1.82) is 0 Å². The number of hydrogen-bond acceptors (Lipinski definition) is 2. The number of nitrogens with one attached hydrogen (secondary N) is 2. The van der Waals surface area contributed by atoms with Gasteiger partial charge in [-0.15, -0.1) is 0 Å². The number of nitrogens with zero attached hydrogens (tertiary/aromatic N) is 1.